The number of benzene rings is 2. The van der Waals surface area contributed by atoms with Crippen molar-refractivity contribution in [2.24, 2.45) is 0 Å². The Morgan fingerprint density at radius 2 is 1.66 bits per heavy atom. The Balaban J connectivity index is 2.13. The molecule has 0 bridgehead atoms. The summed E-state index contributed by atoms with van der Waals surface area (Å²) in [5, 5.41) is 4.05. The normalized spacial score (nSPS) is 12.8. The van der Waals surface area contributed by atoms with E-state index in [1.54, 1.807) is 11.0 Å². The molecule has 0 heterocycles. The number of nitrogens with one attached hydrogen (secondary N) is 1. The van der Waals surface area contributed by atoms with E-state index >= 15 is 0 Å². The summed E-state index contributed by atoms with van der Waals surface area (Å²) in [4.78, 5) is 27.9. The summed E-state index contributed by atoms with van der Waals surface area (Å²) in [6, 6.07) is 13.1. The minimum atomic E-state index is -0.511. The molecule has 0 fully saturated rings. The van der Waals surface area contributed by atoms with Gasteiger partial charge in [-0.3, -0.25) is 9.59 Å². The van der Waals surface area contributed by atoms with E-state index in [9.17, 15) is 9.59 Å². The lowest BCUT2D eigenvalue weighted by Crippen LogP contribution is -2.51. The van der Waals surface area contributed by atoms with Crippen LogP contribution in [-0.4, -0.2) is 34.6 Å². The smallest absolute Gasteiger partial charge is 0.243 e. The van der Waals surface area contributed by atoms with Gasteiger partial charge in [-0.1, -0.05) is 72.9 Å². The Hall–Kier alpha value is -1.69. The van der Waals surface area contributed by atoms with E-state index in [1.165, 1.54) is 11.8 Å². The predicted molar refractivity (Wildman–Crippen MR) is 136 cm³/mol. The quantitative estimate of drug-likeness (QED) is 0.401. The molecule has 2 atom stereocenters. The average Bonchev–Trinajstić information content (AvgIpc) is 2.77. The Kier molecular flexibility index (Phi) is 10.9. The van der Waals surface area contributed by atoms with Crippen LogP contribution in [0, 0.1) is 6.92 Å². The summed E-state index contributed by atoms with van der Waals surface area (Å²) in [6.07, 6.45) is 1.39. The van der Waals surface area contributed by atoms with Crippen molar-refractivity contribution in [2.45, 2.75) is 64.9 Å². The first kappa shape index (κ1) is 26.6. The van der Waals surface area contributed by atoms with E-state index in [0.29, 0.717) is 28.8 Å². The Bertz CT molecular complexity index is 905. The molecule has 7 heteroatoms. The van der Waals surface area contributed by atoms with E-state index in [2.05, 4.69) is 5.32 Å². The highest BCUT2D eigenvalue weighted by Gasteiger charge is 2.29. The molecule has 2 rings (SSSR count). The maximum absolute atomic E-state index is 13.3. The van der Waals surface area contributed by atoms with Crippen molar-refractivity contribution in [3.63, 3.8) is 0 Å². The van der Waals surface area contributed by atoms with Gasteiger partial charge in [0.05, 0.1) is 15.8 Å². The summed E-state index contributed by atoms with van der Waals surface area (Å²) in [5.74, 6) is 0.759. The number of rotatable bonds is 11. The van der Waals surface area contributed by atoms with Crippen molar-refractivity contribution < 1.29 is 9.59 Å². The van der Waals surface area contributed by atoms with Crippen LogP contribution in [0.5, 0.6) is 0 Å². The van der Waals surface area contributed by atoms with E-state index in [4.69, 9.17) is 23.2 Å². The number of halogens is 2. The molecule has 174 valence electrons. The first-order chi connectivity index (χ1) is 15.2. The monoisotopic (exact) mass is 494 g/mol. The average molecular weight is 496 g/mol. The van der Waals surface area contributed by atoms with Gasteiger partial charge in [-0.2, -0.15) is 0 Å². The molecule has 0 spiro atoms. The van der Waals surface area contributed by atoms with Gasteiger partial charge < -0.3 is 10.2 Å². The summed E-state index contributed by atoms with van der Waals surface area (Å²) < 4.78 is 0. The number of nitrogens with zero attached hydrogens (tertiary/aromatic N) is 1. The third-order valence-corrected chi connectivity index (χ3v) is 7.07. The Morgan fingerprint density at radius 1 is 1.00 bits per heavy atom. The molecule has 0 aliphatic heterocycles. The van der Waals surface area contributed by atoms with Crippen molar-refractivity contribution in [3.05, 3.63) is 69.2 Å². The number of amides is 2. The molecule has 1 N–H and O–H groups in total. The van der Waals surface area contributed by atoms with Crippen LogP contribution in [0.4, 0.5) is 0 Å². The lowest BCUT2D eigenvalue weighted by molar-refractivity contribution is -0.139. The topological polar surface area (TPSA) is 49.4 Å². The number of hydrogen-bond acceptors (Lipinski definition) is 3. The molecular weight excluding hydrogens is 463 g/mol. The first-order valence-electron chi connectivity index (χ1n) is 10.9. The number of hydrogen-bond donors (Lipinski definition) is 1. The van der Waals surface area contributed by atoms with Crippen LogP contribution in [-0.2, 0) is 21.9 Å². The summed E-state index contributed by atoms with van der Waals surface area (Å²) >= 11 is 13.6. The van der Waals surface area contributed by atoms with Crippen LogP contribution in [0.3, 0.4) is 0 Å². The fourth-order valence-corrected chi connectivity index (χ4v) is 4.40. The molecule has 32 heavy (non-hydrogen) atoms. The molecule has 0 aromatic heterocycles. The summed E-state index contributed by atoms with van der Waals surface area (Å²) in [5.41, 5.74) is 3.17. The zero-order valence-corrected chi connectivity index (χ0v) is 21.5. The van der Waals surface area contributed by atoms with E-state index in [-0.39, 0.29) is 23.6 Å². The molecule has 2 aromatic rings. The maximum atomic E-state index is 13.3. The van der Waals surface area contributed by atoms with Crippen LogP contribution < -0.4 is 5.32 Å². The lowest BCUT2D eigenvalue weighted by Gasteiger charge is -2.31. The van der Waals surface area contributed by atoms with E-state index in [1.807, 2.05) is 64.1 Å². The second-order valence-corrected chi connectivity index (χ2v) is 9.79. The zero-order valence-electron chi connectivity index (χ0n) is 19.2. The molecule has 2 unspecified atom stereocenters. The first-order valence-corrected chi connectivity index (χ1v) is 12.8. The molecule has 0 aliphatic rings. The highest BCUT2D eigenvalue weighted by molar-refractivity contribution is 7.99. The predicted octanol–water partition coefficient (Wildman–Crippen LogP) is 6.26. The second kappa shape index (κ2) is 13.1. The van der Waals surface area contributed by atoms with Crippen molar-refractivity contribution in [3.8, 4) is 0 Å². The third-order valence-electron chi connectivity index (χ3n) is 5.34. The molecule has 0 aliphatic carbocycles. The zero-order chi connectivity index (χ0) is 23.7. The van der Waals surface area contributed by atoms with Crippen molar-refractivity contribution in [1.82, 2.24) is 10.2 Å². The van der Waals surface area contributed by atoms with E-state index in [0.717, 1.165) is 23.1 Å². The van der Waals surface area contributed by atoms with Crippen molar-refractivity contribution >= 4 is 46.8 Å². The van der Waals surface area contributed by atoms with Gasteiger partial charge >= 0.3 is 0 Å². The maximum Gasteiger partial charge on any atom is 0.243 e. The third kappa shape index (κ3) is 8.02. The van der Waals surface area contributed by atoms with Gasteiger partial charge in [-0.25, -0.2) is 0 Å². The fourth-order valence-electron chi connectivity index (χ4n) is 3.22. The lowest BCUT2D eigenvalue weighted by atomic mass is 10.1. The summed E-state index contributed by atoms with van der Waals surface area (Å²) in [6.45, 7) is 8.38. The van der Waals surface area contributed by atoms with Crippen LogP contribution in [0.15, 0.2) is 42.5 Å². The summed E-state index contributed by atoms with van der Waals surface area (Å²) in [7, 11) is 0. The molecule has 0 radical (unpaired) electrons. The fraction of sp³-hybridized carbons (Fsp3) is 0.440. The molecule has 2 aromatic carbocycles. The van der Waals surface area contributed by atoms with Crippen LogP contribution in [0.2, 0.25) is 10.0 Å². The highest BCUT2D eigenvalue weighted by atomic mass is 35.5. The van der Waals surface area contributed by atoms with Crippen molar-refractivity contribution in [2.75, 3.05) is 5.75 Å². The highest BCUT2D eigenvalue weighted by Crippen LogP contribution is 2.25. The van der Waals surface area contributed by atoms with Crippen LogP contribution in [0.1, 0.15) is 50.3 Å². The second-order valence-electron chi connectivity index (χ2n) is 7.99. The number of carbonyl (C=O) groups is 2. The Morgan fingerprint density at radius 3 is 2.25 bits per heavy atom. The molecular formula is C25H32Cl2N2O2S. The Labute approximate surface area is 206 Å². The van der Waals surface area contributed by atoms with Gasteiger partial charge in [0.1, 0.15) is 6.04 Å². The molecule has 0 saturated carbocycles. The minimum Gasteiger partial charge on any atom is -0.352 e. The van der Waals surface area contributed by atoms with Gasteiger partial charge in [-0.15, -0.1) is 11.8 Å². The number of thioether (sulfide) groups is 1. The molecule has 2 amide bonds. The number of carbonyl (C=O) groups excluding carboxylic acids is 2. The van der Waals surface area contributed by atoms with Crippen LogP contribution >= 0.6 is 35.0 Å². The molecule has 4 nitrogen and oxygen atoms in total. The van der Waals surface area contributed by atoms with Gasteiger partial charge in [0.15, 0.2) is 0 Å². The SMILES string of the molecule is CCC(C)NC(=O)C(CC)N(Cc1ccc(C)cc1)C(=O)CSCc1ccc(Cl)c(Cl)c1. The van der Waals surface area contributed by atoms with E-state index < -0.39 is 6.04 Å². The number of aryl methyl sites for hydroxylation is 1. The molecule has 0 saturated heterocycles. The van der Waals surface area contributed by atoms with Gasteiger partial charge in [0.25, 0.3) is 0 Å². The van der Waals surface area contributed by atoms with Gasteiger partial charge in [0.2, 0.25) is 11.8 Å². The van der Waals surface area contributed by atoms with Crippen molar-refractivity contribution in [1.29, 1.82) is 0 Å². The van der Waals surface area contributed by atoms with Gasteiger partial charge in [0, 0.05) is 18.3 Å². The minimum absolute atomic E-state index is 0.0539. The van der Waals surface area contributed by atoms with Crippen LogP contribution in [0.25, 0.3) is 0 Å². The largest absolute Gasteiger partial charge is 0.352 e. The standard InChI is InChI=1S/C25H32Cl2N2O2S/c1-5-18(4)28-25(31)23(6-2)29(14-19-9-7-17(3)8-10-19)24(30)16-32-15-20-11-12-21(26)22(27)13-20/h7-13,18,23H,5-6,14-16H2,1-4H3,(H,28,31). The van der Waals surface area contributed by atoms with Gasteiger partial charge in [-0.05, 0) is 49.9 Å².